The Hall–Kier alpha value is -5.64. The first-order chi connectivity index (χ1) is 23.0. The summed E-state index contributed by atoms with van der Waals surface area (Å²) in [4.78, 5) is 51.3. The molecule has 0 aliphatic carbocycles. The lowest BCUT2D eigenvalue weighted by molar-refractivity contribution is -0.115. The van der Waals surface area contributed by atoms with Crippen LogP contribution < -0.4 is 20.4 Å². The molecule has 48 heavy (non-hydrogen) atoms. The van der Waals surface area contributed by atoms with Crippen molar-refractivity contribution in [2.75, 3.05) is 47.6 Å². The fourth-order valence-corrected chi connectivity index (χ4v) is 6.04. The molecule has 10 nitrogen and oxygen atoms in total. The molecule has 3 N–H and O–H groups in total. The predicted octanol–water partition coefficient (Wildman–Crippen LogP) is 5.82. The summed E-state index contributed by atoms with van der Waals surface area (Å²) in [7, 11) is 3.51. The molecule has 0 unspecified atom stereocenters. The number of anilines is 4. The van der Waals surface area contributed by atoms with Gasteiger partial charge >= 0.3 is 5.97 Å². The highest BCUT2D eigenvalue weighted by atomic mass is 16.4. The molecule has 0 saturated heterocycles. The van der Waals surface area contributed by atoms with Crippen molar-refractivity contribution in [2.24, 2.45) is 0 Å². The van der Waals surface area contributed by atoms with E-state index in [1.807, 2.05) is 60.7 Å². The summed E-state index contributed by atoms with van der Waals surface area (Å²) in [5.41, 5.74) is 9.78. The minimum Gasteiger partial charge on any atom is -0.478 e. The second kappa shape index (κ2) is 14.8. The smallest absolute Gasteiger partial charge is 0.335 e. The zero-order valence-electron chi connectivity index (χ0n) is 27.7. The van der Waals surface area contributed by atoms with Crippen molar-refractivity contribution < 1.29 is 24.3 Å². The Bertz CT molecular complexity index is 1820. The van der Waals surface area contributed by atoms with Crippen LogP contribution in [0.1, 0.15) is 56.8 Å². The standard InChI is InChI=1S/C20H23N3O2.C18H18N2O3/c1-14(24)21-18-8-9-19-17(12-18)10-11-23(19)13-15-4-6-16(7-5-15)20(25)22(2)3;1-12(21)19-16-6-7-17-15(10-16)8-9-20(17)11-13-2-4-14(5-3-13)18(22)23/h4-9,12H,10-11,13H2,1-3H3,(H,21,24);2-7,10H,8-9,11H2,1H3,(H,19,21)(H,22,23). The average Bonchev–Trinajstić information content (AvgIpc) is 3.64. The van der Waals surface area contributed by atoms with Gasteiger partial charge in [0.15, 0.2) is 0 Å². The Morgan fingerprint density at radius 3 is 1.44 bits per heavy atom. The zero-order chi connectivity index (χ0) is 34.4. The van der Waals surface area contributed by atoms with Crippen molar-refractivity contribution in [3.05, 3.63) is 118 Å². The number of carbonyl (C=O) groups is 4. The highest BCUT2D eigenvalue weighted by Gasteiger charge is 2.21. The number of aromatic carboxylic acids is 1. The van der Waals surface area contributed by atoms with Gasteiger partial charge in [-0.05, 0) is 95.8 Å². The van der Waals surface area contributed by atoms with Gasteiger partial charge in [-0.15, -0.1) is 0 Å². The minimum absolute atomic E-state index is 0.0172. The normalized spacial score (nSPS) is 12.8. The van der Waals surface area contributed by atoms with Crippen LogP contribution in [-0.2, 0) is 35.5 Å². The third kappa shape index (κ3) is 8.38. The molecular weight excluding hydrogens is 606 g/mol. The largest absolute Gasteiger partial charge is 0.478 e. The molecule has 0 radical (unpaired) electrons. The van der Waals surface area contributed by atoms with Gasteiger partial charge < -0.3 is 30.4 Å². The van der Waals surface area contributed by atoms with E-state index in [2.05, 4.69) is 32.6 Å². The van der Waals surface area contributed by atoms with E-state index in [0.29, 0.717) is 11.1 Å². The molecule has 2 heterocycles. The lowest BCUT2D eigenvalue weighted by Gasteiger charge is -2.20. The molecule has 2 aliphatic heterocycles. The number of hydrogen-bond acceptors (Lipinski definition) is 6. The lowest BCUT2D eigenvalue weighted by Crippen LogP contribution is -2.22. The monoisotopic (exact) mass is 647 g/mol. The van der Waals surface area contributed by atoms with Gasteiger partial charge in [-0.1, -0.05) is 24.3 Å². The van der Waals surface area contributed by atoms with E-state index in [1.54, 1.807) is 31.1 Å². The summed E-state index contributed by atoms with van der Waals surface area (Å²) in [6.07, 6.45) is 1.91. The first kappa shape index (κ1) is 33.7. The van der Waals surface area contributed by atoms with E-state index in [4.69, 9.17) is 5.11 Å². The van der Waals surface area contributed by atoms with Crippen molar-refractivity contribution >= 4 is 46.4 Å². The third-order valence-corrected chi connectivity index (χ3v) is 8.34. The van der Waals surface area contributed by atoms with Gasteiger partial charge in [0, 0.05) is 82.4 Å². The maximum absolute atomic E-state index is 12.0. The summed E-state index contributed by atoms with van der Waals surface area (Å²) in [5, 5.41) is 14.6. The molecule has 2 aliphatic rings. The van der Waals surface area contributed by atoms with Gasteiger partial charge in [-0.25, -0.2) is 4.79 Å². The summed E-state index contributed by atoms with van der Waals surface area (Å²) in [6, 6.07) is 26.8. The summed E-state index contributed by atoms with van der Waals surface area (Å²) >= 11 is 0. The maximum atomic E-state index is 12.0. The molecule has 0 saturated carbocycles. The average molecular weight is 648 g/mol. The number of carboxylic acids is 1. The van der Waals surface area contributed by atoms with E-state index >= 15 is 0 Å². The van der Waals surface area contributed by atoms with Crippen LogP contribution >= 0.6 is 0 Å². The summed E-state index contributed by atoms with van der Waals surface area (Å²) in [5.74, 6) is -1.02. The number of hydrogen-bond donors (Lipinski definition) is 3. The van der Waals surface area contributed by atoms with Gasteiger partial charge in [0.2, 0.25) is 11.8 Å². The number of carbonyl (C=O) groups excluding carboxylic acids is 3. The molecule has 248 valence electrons. The molecule has 6 rings (SSSR count). The second-order valence-electron chi connectivity index (χ2n) is 12.3. The zero-order valence-corrected chi connectivity index (χ0v) is 27.7. The van der Waals surface area contributed by atoms with Crippen LogP contribution in [0, 0.1) is 0 Å². The van der Waals surface area contributed by atoms with Crippen molar-refractivity contribution in [1.29, 1.82) is 0 Å². The second-order valence-corrected chi connectivity index (χ2v) is 12.3. The molecule has 0 spiro atoms. The number of benzene rings is 4. The van der Waals surface area contributed by atoms with Gasteiger partial charge in [-0.2, -0.15) is 0 Å². The van der Waals surface area contributed by atoms with E-state index in [1.165, 1.54) is 41.9 Å². The molecule has 3 amide bonds. The fourth-order valence-electron chi connectivity index (χ4n) is 6.04. The number of fused-ring (bicyclic) bond motifs is 2. The topological polar surface area (TPSA) is 122 Å². The Labute approximate surface area is 281 Å². The molecule has 0 aromatic heterocycles. The Morgan fingerprint density at radius 1 is 0.646 bits per heavy atom. The lowest BCUT2D eigenvalue weighted by atomic mass is 10.1. The summed E-state index contributed by atoms with van der Waals surface area (Å²) in [6.45, 7) is 6.44. The van der Waals surface area contributed by atoms with E-state index in [9.17, 15) is 19.2 Å². The van der Waals surface area contributed by atoms with Crippen LogP contribution in [0.15, 0.2) is 84.9 Å². The van der Waals surface area contributed by atoms with Gasteiger partial charge in [0.05, 0.1) is 5.56 Å². The Kier molecular flexibility index (Phi) is 10.4. The Balaban J connectivity index is 0.000000188. The van der Waals surface area contributed by atoms with Crippen molar-refractivity contribution in [3.8, 4) is 0 Å². The SMILES string of the molecule is CC(=O)Nc1ccc2c(c1)CCN2Cc1ccc(C(=O)N(C)C)cc1.CC(=O)Nc1ccc2c(c1)CCN2Cc1ccc(C(=O)O)cc1. The number of rotatable bonds is 8. The van der Waals surface area contributed by atoms with Crippen molar-refractivity contribution in [2.45, 2.75) is 39.8 Å². The van der Waals surface area contributed by atoms with Crippen molar-refractivity contribution in [3.63, 3.8) is 0 Å². The van der Waals surface area contributed by atoms with E-state index in [-0.39, 0.29) is 17.7 Å². The van der Waals surface area contributed by atoms with Crippen LogP contribution in [0.4, 0.5) is 22.7 Å². The first-order valence-electron chi connectivity index (χ1n) is 15.9. The first-order valence-corrected chi connectivity index (χ1v) is 15.9. The molecule has 0 fully saturated rings. The predicted molar refractivity (Wildman–Crippen MR) is 189 cm³/mol. The fraction of sp³-hybridized carbons (Fsp3) is 0.263. The van der Waals surface area contributed by atoms with Crippen LogP contribution in [0.25, 0.3) is 0 Å². The number of amides is 3. The van der Waals surface area contributed by atoms with Crippen LogP contribution in [0.5, 0.6) is 0 Å². The highest BCUT2D eigenvalue weighted by Crippen LogP contribution is 2.33. The van der Waals surface area contributed by atoms with E-state index in [0.717, 1.165) is 56.0 Å². The minimum atomic E-state index is -0.909. The molecular formula is C38H41N5O5. The molecule has 0 atom stereocenters. The van der Waals surface area contributed by atoms with E-state index < -0.39 is 5.97 Å². The molecule has 4 aromatic carbocycles. The molecule has 0 bridgehead atoms. The van der Waals surface area contributed by atoms with Crippen LogP contribution in [-0.4, -0.2) is 60.9 Å². The Morgan fingerprint density at radius 2 is 1.06 bits per heavy atom. The molecule has 10 heteroatoms. The number of nitrogens with one attached hydrogen (secondary N) is 2. The van der Waals surface area contributed by atoms with Crippen LogP contribution in [0.2, 0.25) is 0 Å². The van der Waals surface area contributed by atoms with Crippen molar-refractivity contribution in [1.82, 2.24) is 4.90 Å². The van der Waals surface area contributed by atoms with Gasteiger partial charge in [0.1, 0.15) is 0 Å². The van der Waals surface area contributed by atoms with Gasteiger partial charge in [-0.3, -0.25) is 14.4 Å². The number of carboxylic acid groups (broad SMARTS) is 1. The molecule has 4 aromatic rings. The highest BCUT2D eigenvalue weighted by molar-refractivity contribution is 5.94. The van der Waals surface area contributed by atoms with Crippen LogP contribution in [0.3, 0.4) is 0 Å². The maximum Gasteiger partial charge on any atom is 0.335 e. The third-order valence-electron chi connectivity index (χ3n) is 8.34. The van der Waals surface area contributed by atoms with Gasteiger partial charge in [0.25, 0.3) is 5.91 Å². The summed E-state index contributed by atoms with van der Waals surface area (Å²) < 4.78 is 0. The number of nitrogens with zero attached hydrogens (tertiary/aromatic N) is 3. The quantitative estimate of drug-likeness (QED) is 0.221.